The van der Waals surface area contributed by atoms with Gasteiger partial charge >= 0.3 is 0 Å². The molecule has 2 heteroatoms. The van der Waals surface area contributed by atoms with E-state index in [-0.39, 0.29) is 0 Å². The zero-order valence-corrected chi connectivity index (χ0v) is 10.3. The van der Waals surface area contributed by atoms with E-state index in [0.29, 0.717) is 5.41 Å². The van der Waals surface area contributed by atoms with Crippen LogP contribution in [0.4, 0.5) is 0 Å². The van der Waals surface area contributed by atoms with Gasteiger partial charge in [0.1, 0.15) is 5.75 Å². The summed E-state index contributed by atoms with van der Waals surface area (Å²) in [7, 11) is 4.00. The first-order valence-electron chi connectivity index (χ1n) is 6.00. The lowest BCUT2D eigenvalue weighted by Gasteiger charge is -2.31. The van der Waals surface area contributed by atoms with Gasteiger partial charge in [-0.25, -0.2) is 0 Å². The van der Waals surface area contributed by atoms with Crippen molar-refractivity contribution in [1.29, 1.82) is 0 Å². The van der Waals surface area contributed by atoms with E-state index in [1.165, 1.54) is 30.5 Å². The molecule has 0 radical (unpaired) electrons. The van der Waals surface area contributed by atoms with Crippen LogP contribution in [-0.2, 0) is 11.8 Å². The summed E-state index contributed by atoms with van der Waals surface area (Å²) in [4.78, 5) is 2.51. The molecule has 0 aromatic heterocycles. The third kappa shape index (κ3) is 1.29. The second kappa shape index (κ2) is 3.24. The molecule has 0 spiro atoms. The third-order valence-electron chi connectivity index (χ3n) is 4.33. The smallest absolute Gasteiger partial charge is 0.119 e. The molecule has 0 amide bonds. The molecule has 2 aliphatic rings. The molecule has 0 unspecified atom stereocenters. The molecule has 2 atom stereocenters. The fourth-order valence-electron chi connectivity index (χ4n) is 3.52. The second-order valence-corrected chi connectivity index (χ2v) is 5.56. The Hall–Kier alpha value is -1.02. The Bertz CT molecular complexity index is 425. The highest BCUT2D eigenvalue weighted by atomic mass is 16.5. The van der Waals surface area contributed by atoms with Crippen LogP contribution in [0.25, 0.3) is 0 Å². The number of hydrogen-bond acceptors (Lipinski definition) is 2. The van der Waals surface area contributed by atoms with Crippen molar-refractivity contribution >= 4 is 0 Å². The highest BCUT2D eigenvalue weighted by Gasteiger charge is 2.44. The normalized spacial score (nSPS) is 32.6. The average Bonchev–Trinajstić information content (AvgIpc) is 2.51. The zero-order valence-electron chi connectivity index (χ0n) is 10.3. The summed E-state index contributed by atoms with van der Waals surface area (Å²) in [6.45, 7) is 3.57. The van der Waals surface area contributed by atoms with Gasteiger partial charge in [-0.1, -0.05) is 13.0 Å². The van der Waals surface area contributed by atoms with Crippen molar-refractivity contribution in [3.8, 4) is 5.75 Å². The minimum atomic E-state index is 0.335. The van der Waals surface area contributed by atoms with E-state index in [0.717, 1.165) is 11.8 Å². The van der Waals surface area contributed by atoms with E-state index in [9.17, 15) is 0 Å². The molecule has 2 bridgehead atoms. The largest absolute Gasteiger partial charge is 0.497 e. The summed E-state index contributed by atoms with van der Waals surface area (Å²) in [6, 6.07) is 7.32. The van der Waals surface area contributed by atoms with Crippen LogP contribution in [0, 0.1) is 0 Å². The van der Waals surface area contributed by atoms with Crippen LogP contribution < -0.4 is 4.74 Å². The standard InChI is InChI=1S/C14H19NO/c1-14-8-11(15(2)9-14)6-10-4-5-12(16-3)7-13(10)14/h4-5,7,11H,6,8-9H2,1-3H3/t11-,14-/m1/s1. The summed E-state index contributed by atoms with van der Waals surface area (Å²) in [5.41, 5.74) is 3.36. The minimum absolute atomic E-state index is 0.335. The van der Waals surface area contributed by atoms with Crippen molar-refractivity contribution in [2.75, 3.05) is 20.7 Å². The number of hydrogen-bond donors (Lipinski definition) is 0. The summed E-state index contributed by atoms with van der Waals surface area (Å²) < 4.78 is 5.34. The second-order valence-electron chi connectivity index (χ2n) is 5.56. The molecule has 16 heavy (non-hydrogen) atoms. The number of methoxy groups -OCH3 is 1. The number of likely N-dealkylation sites (N-methyl/N-ethyl adjacent to an activating group) is 1. The maximum absolute atomic E-state index is 5.34. The Morgan fingerprint density at radius 1 is 1.44 bits per heavy atom. The first kappa shape index (κ1) is 10.2. The topological polar surface area (TPSA) is 12.5 Å². The first-order valence-corrected chi connectivity index (χ1v) is 6.00. The fraction of sp³-hybridized carbons (Fsp3) is 0.571. The maximum atomic E-state index is 5.34. The molecule has 1 heterocycles. The molecule has 0 N–H and O–H groups in total. The van der Waals surface area contributed by atoms with Gasteiger partial charge in [-0.2, -0.15) is 0 Å². The number of ether oxygens (including phenoxy) is 1. The predicted octanol–water partition coefficient (Wildman–Crippen LogP) is 2.21. The number of fused-ring (bicyclic) bond motifs is 4. The predicted molar refractivity (Wildman–Crippen MR) is 65.1 cm³/mol. The fourth-order valence-corrected chi connectivity index (χ4v) is 3.52. The van der Waals surface area contributed by atoms with E-state index in [4.69, 9.17) is 4.74 Å². The Labute approximate surface area is 97.2 Å². The molecule has 1 saturated heterocycles. The highest BCUT2D eigenvalue weighted by molar-refractivity contribution is 5.44. The number of benzene rings is 1. The molecule has 2 nitrogen and oxygen atoms in total. The quantitative estimate of drug-likeness (QED) is 0.715. The van der Waals surface area contributed by atoms with Gasteiger partial charge in [0, 0.05) is 18.0 Å². The SMILES string of the molecule is COc1ccc2c(c1)[C@]1(C)C[C@@H](C2)N(C)C1. The van der Waals surface area contributed by atoms with Crippen molar-refractivity contribution in [1.82, 2.24) is 4.90 Å². The molecule has 3 rings (SSSR count). The van der Waals surface area contributed by atoms with Gasteiger partial charge in [-0.15, -0.1) is 0 Å². The molecule has 1 fully saturated rings. The Morgan fingerprint density at radius 3 is 3.00 bits per heavy atom. The van der Waals surface area contributed by atoms with Crippen LogP contribution in [-0.4, -0.2) is 31.6 Å². The van der Waals surface area contributed by atoms with E-state index in [1.54, 1.807) is 7.11 Å². The molecule has 1 aliphatic carbocycles. The van der Waals surface area contributed by atoms with Crippen LogP contribution in [0.2, 0.25) is 0 Å². The van der Waals surface area contributed by atoms with Gasteiger partial charge in [-0.05, 0) is 43.1 Å². The van der Waals surface area contributed by atoms with Crippen LogP contribution in [0.15, 0.2) is 18.2 Å². The number of likely N-dealkylation sites (tertiary alicyclic amines) is 1. The highest BCUT2D eigenvalue weighted by Crippen LogP contribution is 2.45. The Kier molecular flexibility index (Phi) is 2.05. The molecule has 1 aromatic carbocycles. The summed E-state index contributed by atoms with van der Waals surface area (Å²) in [6.07, 6.45) is 2.50. The number of nitrogens with zero attached hydrogens (tertiary/aromatic N) is 1. The molecule has 1 aromatic rings. The summed E-state index contributed by atoms with van der Waals surface area (Å²) >= 11 is 0. The lowest BCUT2D eigenvalue weighted by molar-refractivity contribution is 0.309. The lowest BCUT2D eigenvalue weighted by atomic mass is 9.73. The van der Waals surface area contributed by atoms with Gasteiger partial charge in [0.15, 0.2) is 0 Å². The Morgan fingerprint density at radius 2 is 2.25 bits per heavy atom. The van der Waals surface area contributed by atoms with Crippen molar-refractivity contribution in [3.63, 3.8) is 0 Å². The lowest BCUT2D eigenvalue weighted by Crippen LogP contribution is -2.28. The van der Waals surface area contributed by atoms with Crippen molar-refractivity contribution in [2.24, 2.45) is 0 Å². The van der Waals surface area contributed by atoms with Crippen molar-refractivity contribution in [3.05, 3.63) is 29.3 Å². The van der Waals surface area contributed by atoms with E-state index in [1.807, 2.05) is 0 Å². The summed E-state index contributed by atoms with van der Waals surface area (Å²) in [5.74, 6) is 0.993. The average molecular weight is 217 g/mol. The van der Waals surface area contributed by atoms with Gasteiger partial charge < -0.3 is 9.64 Å². The van der Waals surface area contributed by atoms with Crippen LogP contribution >= 0.6 is 0 Å². The van der Waals surface area contributed by atoms with Gasteiger partial charge in [-0.3, -0.25) is 0 Å². The Balaban J connectivity index is 2.11. The van der Waals surface area contributed by atoms with Crippen LogP contribution in [0.5, 0.6) is 5.75 Å². The minimum Gasteiger partial charge on any atom is -0.497 e. The maximum Gasteiger partial charge on any atom is 0.119 e. The van der Waals surface area contributed by atoms with Crippen LogP contribution in [0.3, 0.4) is 0 Å². The first-order chi connectivity index (χ1) is 7.62. The van der Waals surface area contributed by atoms with E-state index >= 15 is 0 Å². The molecule has 86 valence electrons. The molecular weight excluding hydrogens is 198 g/mol. The third-order valence-corrected chi connectivity index (χ3v) is 4.33. The van der Waals surface area contributed by atoms with Crippen molar-refractivity contribution in [2.45, 2.75) is 31.2 Å². The van der Waals surface area contributed by atoms with E-state index < -0.39 is 0 Å². The number of rotatable bonds is 1. The molecular formula is C14H19NO. The van der Waals surface area contributed by atoms with Crippen molar-refractivity contribution < 1.29 is 4.74 Å². The zero-order chi connectivity index (χ0) is 11.3. The monoisotopic (exact) mass is 217 g/mol. The summed E-state index contributed by atoms with van der Waals surface area (Å²) in [5, 5.41) is 0. The van der Waals surface area contributed by atoms with Gasteiger partial charge in [0.25, 0.3) is 0 Å². The van der Waals surface area contributed by atoms with Crippen LogP contribution in [0.1, 0.15) is 24.5 Å². The molecule has 1 aliphatic heterocycles. The van der Waals surface area contributed by atoms with E-state index in [2.05, 4.69) is 37.1 Å². The van der Waals surface area contributed by atoms with Gasteiger partial charge in [0.05, 0.1) is 7.11 Å². The van der Waals surface area contributed by atoms with Gasteiger partial charge in [0.2, 0.25) is 0 Å². The molecule has 0 saturated carbocycles.